The number of carbonyl (C=O) groups excluding carboxylic acids is 1. The van der Waals surface area contributed by atoms with Crippen LogP contribution in [-0.4, -0.2) is 47.3 Å². The quantitative estimate of drug-likeness (QED) is 0.901. The van der Waals surface area contributed by atoms with Gasteiger partial charge in [-0.3, -0.25) is 4.79 Å². The van der Waals surface area contributed by atoms with Crippen LogP contribution in [0.25, 0.3) is 0 Å². The number of thiophene rings is 1. The summed E-state index contributed by atoms with van der Waals surface area (Å²) < 4.78 is 6.52. The molecule has 0 bridgehead atoms. The molecule has 1 aliphatic rings. The van der Waals surface area contributed by atoms with Crippen LogP contribution in [0.2, 0.25) is 0 Å². The molecule has 4 nitrogen and oxygen atoms in total. The number of amides is 1. The Morgan fingerprint density at radius 1 is 1.72 bits per heavy atom. The Bertz CT molecular complexity index is 446. The number of morpholine rings is 1. The minimum absolute atomic E-state index is 0.00769. The first-order valence-electron chi connectivity index (χ1n) is 5.74. The molecule has 1 atom stereocenters. The molecule has 1 fully saturated rings. The molecule has 1 aromatic heterocycles. The Balaban J connectivity index is 2.17. The Morgan fingerprint density at radius 2 is 2.44 bits per heavy atom. The van der Waals surface area contributed by atoms with E-state index in [1.807, 2.05) is 25.3 Å². The average molecular weight is 334 g/mol. The summed E-state index contributed by atoms with van der Waals surface area (Å²) in [6, 6.07) is 1.87. The third-order valence-electron chi connectivity index (χ3n) is 2.78. The zero-order chi connectivity index (χ0) is 13.3. The summed E-state index contributed by atoms with van der Waals surface area (Å²) in [7, 11) is 0. The molecule has 1 amide bonds. The van der Waals surface area contributed by atoms with Crippen molar-refractivity contribution in [2.75, 3.05) is 19.7 Å². The number of halogens is 1. The van der Waals surface area contributed by atoms with Gasteiger partial charge in [-0.25, -0.2) is 0 Å². The van der Waals surface area contributed by atoms with Gasteiger partial charge >= 0.3 is 0 Å². The first kappa shape index (κ1) is 14.0. The van der Waals surface area contributed by atoms with Gasteiger partial charge < -0.3 is 14.7 Å². The van der Waals surface area contributed by atoms with Crippen molar-refractivity contribution in [3.05, 3.63) is 20.8 Å². The van der Waals surface area contributed by atoms with Gasteiger partial charge in [0.15, 0.2) is 0 Å². The summed E-state index contributed by atoms with van der Waals surface area (Å²) in [6.07, 6.45) is -0.309. The number of rotatable bonds is 2. The first-order valence-corrected chi connectivity index (χ1v) is 7.41. The number of aliphatic hydroxyl groups is 1. The molecule has 18 heavy (non-hydrogen) atoms. The van der Waals surface area contributed by atoms with Crippen LogP contribution < -0.4 is 0 Å². The Hall–Kier alpha value is -0.430. The molecule has 0 spiro atoms. The van der Waals surface area contributed by atoms with E-state index in [0.717, 1.165) is 4.47 Å². The minimum atomic E-state index is -0.426. The van der Waals surface area contributed by atoms with Crippen LogP contribution in [0.3, 0.4) is 0 Å². The maximum Gasteiger partial charge on any atom is 0.265 e. The number of hydrogen-bond donors (Lipinski definition) is 1. The second-order valence-corrected chi connectivity index (χ2v) is 6.74. The van der Waals surface area contributed by atoms with Crippen LogP contribution in [-0.2, 0) is 4.74 Å². The van der Waals surface area contributed by atoms with E-state index >= 15 is 0 Å². The number of nitrogens with zero attached hydrogens (tertiary/aromatic N) is 1. The van der Waals surface area contributed by atoms with Crippen molar-refractivity contribution < 1.29 is 14.6 Å². The van der Waals surface area contributed by atoms with Gasteiger partial charge in [-0.1, -0.05) is 0 Å². The van der Waals surface area contributed by atoms with Crippen LogP contribution in [0.4, 0.5) is 0 Å². The standard InChI is InChI=1S/C12H16BrNO3S/c1-12(2)7-14(5-8(6-15)17-12)11(16)10-9(13)3-4-18-10/h3-4,8,15H,5-7H2,1-2H3. The molecule has 1 saturated heterocycles. The highest BCUT2D eigenvalue weighted by Crippen LogP contribution is 2.27. The molecule has 100 valence electrons. The summed E-state index contributed by atoms with van der Waals surface area (Å²) in [5.41, 5.74) is -0.426. The smallest absolute Gasteiger partial charge is 0.265 e. The fourth-order valence-corrected chi connectivity index (χ4v) is 3.64. The summed E-state index contributed by atoms with van der Waals surface area (Å²) in [4.78, 5) is 14.8. The maximum atomic E-state index is 12.4. The van der Waals surface area contributed by atoms with E-state index in [4.69, 9.17) is 4.74 Å². The van der Waals surface area contributed by atoms with Crippen molar-refractivity contribution in [1.82, 2.24) is 4.90 Å². The molecule has 6 heteroatoms. The van der Waals surface area contributed by atoms with E-state index in [2.05, 4.69) is 15.9 Å². The van der Waals surface area contributed by atoms with Gasteiger partial charge in [-0.05, 0) is 41.2 Å². The van der Waals surface area contributed by atoms with E-state index in [1.54, 1.807) is 4.90 Å². The molecule has 1 N–H and O–H groups in total. The van der Waals surface area contributed by atoms with Gasteiger partial charge in [0, 0.05) is 17.6 Å². The fourth-order valence-electron chi connectivity index (χ4n) is 2.14. The van der Waals surface area contributed by atoms with Gasteiger partial charge in [0.1, 0.15) is 4.88 Å². The molecule has 0 saturated carbocycles. The van der Waals surface area contributed by atoms with Crippen molar-refractivity contribution in [1.29, 1.82) is 0 Å². The molecular weight excluding hydrogens is 318 g/mol. The largest absolute Gasteiger partial charge is 0.394 e. The second-order valence-electron chi connectivity index (χ2n) is 4.97. The molecular formula is C12H16BrNO3S. The lowest BCUT2D eigenvalue weighted by Crippen LogP contribution is -2.55. The zero-order valence-corrected chi connectivity index (χ0v) is 12.8. The SMILES string of the molecule is CC1(C)CN(C(=O)c2sccc2Br)CC(CO)O1. The van der Waals surface area contributed by atoms with E-state index in [-0.39, 0.29) is 18.6 Å². The van der Waals surface area contributed by atoms with Gasteiger partial charge in [0.2, 0.25) is 0 Å². The number of hydrogen-bond acceptors (Lipinski definition) is 4. The summed E-state index contributed by atoms with van der Waals surface area (Å²) in [5.74, 6) is -0.00769. The lowest BCUT2D eigenvalue weighted by molar-refractivity contribution is -0.139. The van der Waals surface area contributed by atoms with Gasteiger partial charge in [-0.2, -0.15) is 0 Å². The van der Waals surface area contributed by atoms with Crippen molar-refractivity contribution in [3.8, 4) is 0 Å². The average Bonchev–Trinajstić information content (AvgIpc) is 2.72. The van der Waals surface area contributed by atoms with E-state index in [9.17, 15) is 9.90 Å². The lowest BCUT2D eigenvalue weighted by Gasteiger charge is -2.42. The van der Waals surface area contributed by atoms with Crippen LogP contribution in [0.15, 0.2) is 15.9 Å². The van der Waals surface area contributed by atoms with Crippen LogP contribution in [0, 0.1) is 0 Å². The molecule has 2 heterocycles. The molecule has 1 unspecified atom stereocenters. The van der Waals surface area contributed by atoms with Crippen LogP contribution in [0.5, 0.6) is 0 Å². The minimum Gasteiger partial charge on any atom is -0.394 e. The van der Waals surface area contributed by atoms with E-state index in [1.165, 1.54) is 11.3 Å². The van der Waals surface area contributed by atoms with Gasteiger partial charge in [0.05, 0.1) is 18.3 Å². The molecule has 1 aromatic rings. The molecule has 1 aliphatic heterocycles. The van der Waals surface area contributed by atoms with Crippen LogP contribution in [0.1, 0.15) is 23.5 Å². The van der Waals surface area contributed by atoms with E-state index < -0.39 is 5.60 Å². The Morgan fingerprint density at radius 3 is 3.00 bits per heavy atom. The maximum absolute atomic E-state index is 12.4. The predicted molar refractivity (Wildman–Crippen MR) is 74.0 cm³/mol. The van der Waals surface area contributed by atoms with Gasteiger partial charge in [0.25, 0.3) is 5.91 Å². The third kappa shape index (κ3) is 2.93. The van der Waals surface area contributed by atoms with Crippen molar-refractivity contribution in [2.45, 2.75) is 25.6 Å². The first-order chi connectivity index (χ1) is 8.43. The zero-order valence-electron chi connectivity index (χ0n) is 10.4. The summed E-state index contributed by atoms with van der Waals surface area (Å²) in [5, 5.41) is 11.1. The van der Waals surface area contributed by atoms with Gasteiger partial charge in [-0.15, -0.1) is 11.3 Å². The topological polar surface area (TPSA) is 49.8 Å². The van der Waals surface area contributed by atoms with E-state index in [0.29, 0.717) is 18.0 Å². The predicted octanol–water partition coefficient (Wildman–Crippen LogP) is 2.12. The molecule has 0 aliphatic carbocycles. The molecule has 0 radical (unpaired) electrons. The third-order valence-corrected chi connectivity index (χ3v) is 4.61. The normalized spacial score (nSPS) is 23.1. The molecule has 0 aromatic carbocycles. The van der Waals surface area contributed by atoms with Crippen molar-refractivity contribution >= 4 is 33.2 Å². The van der Waals surface area contributed by atoms with Crippen LogP contribution >= 0.6 is 27.3 Å². The highest BCUT2D eigenvalue weighted by atomic mass is 79.9. The Labute approximate surface area is 119 Å². The highest BCUT2D eigenvalue weighted by molar-refractivity contribution is 9.10. The van der Waals surface area contributed by atoms with Crippen molar-refractivity contribution in [3.63, 3.8) is 0 Å². The molecule has 2 rings (SSSR count). The monoisotopic (exact) mass is 333 g/mol. The second kappa shape index (κ2) is 5.28. The number of aliphatic hydroxyl groups excluding tert-OH is 1. The lowest BCUT2D eigenvalue weighted by atomic mass is 10.1. The summed E-state index contributed by atoms with van der Waals surface area (Å²) in [6.45, 7) is 4.76. The number of carbonyl (C=O) groups is 1. The number of ether oxygens (including phenoxy) is 1. The fraction of sp³-hybridized carbons (Fsp3) is 0.583. The summed E-state index contributed by atoms with van der Waals surface area (Å²) >= 11 is 4.80. The Kier molecular flexibility index (Phi) is 4.11. The van der Waals surface area contributed by atoms with Crippen molar-refractivity contribution in [2.24, 2.45) is 0 Å². The highest BCUT2D eigenvalue weighted by Gasteiger charge is 2.36.